The summed E-state index contributed by atoms with van der Waals surface area (Å²) in [6.07, 6.45) is 3.68. The SMILES string of the molecule is O=C(/C=C\c1cccs1)N[C@H]1CCS(=O)(=O)C1. The molecule has 1 aliphatic rings. The van der Waals surface area contributed by atoms with Crippen molar-refractivity contribution in [3.63, 3.8) is 0 Å². The zero-order valence-corrected chi connectivity index (χ0v) is 10.8. The molecule has 1 atom stereocenters. The van der Waals surface area contributed by atoms with Gasteiger partial charge in [-0.05, 0) is 23.9 Å². The van der Waals surface area contributed by atoms with Gasteiger partial charge in [0, 0.05) is 17.0 Å². The molecule has 6 heteroatoms. The van der Waals surface area contributed by atoms with Crippen LogP contribution in [0.5, 0.6) is 0 Å². The summed E-state index contributed by atoms with van der Waals surface area (Å²) in [6, 6.07) is 3.58. The lowest BCUT2D eigenvalue weighted by Gasteiger charge is -2.07. The molecule has 1 aromatic rings. The first kappa shape index (κ1) is 12.3. The summed E-state index contributed by atoms with van der Waals surface area (Å²) >= 11 is 1.54. The fourth-order valence-corrected chi connectivity index (χ4v) is 3.99. The third kappa shape index (κ3) is 3.67. The average Bonchev–Trinajstić information content (AvgIpc) is 2.85. The van der Waals surface area contributed by atoms with Gasteiger partial charge in [-0.3, -0.25) is 4.79 Å². The van der Waals surface area contributed by atoms with Gasteiger partial charge in [-0.15, -0.1) is 11.3 Å². The maximum atomic E-state index is 11.5. The van der Waals surface area contributed by atoms with Crippen molar-refractivity contribution in [1.29, 1.82) is 0 Å². The number of hydrogen-bond acceptors (Lipinski definition) is 4. The molecule has 4 nitrogen and oxygen atoms in total. The molecule has 0 spiro atoms. The number of nitrogens with one attached hydrogen (secondary N) is 1. The van der Waals surface area contributed by atoms with Crippen LogP contribution in [0.4, 0.5) is 0 Å². The van der Waals surface area contributed by atoms with Crippen LogP contribution in [0.25, 0.3) is 6.08 Å². The average molecular weight is 271 g/mol. The number of rotatable bonds is 3. The van der Waals surface area contributed by atoms with E-state index >= 15 is 0 Å². The Labute approximate surface area is 104 Å². The Morgan fingerprint density at radius 3 is 2.94 bits per heavy atom. The molecule has 92 valence electrons. The topological polar surface area (TPSA) is 63.2 Å². The van der Waals surface area contributed by atoms with Crippen LogP contribution in [0.2, 0.25) is 0 Å². The highest BCUT2D eigenvalue weighted by molar-refractivity contribution is 7.91. The van der Waals surface area contributed by atoms with Gasteiger partial charge in [0.1, 0.15) is 0 Å². The summed E-state index contributed by atoms with van der Waals surface area (Å²) in [4.78, 5) is 12.5. The van der Waals surface area contributed by atoms with E-state index in [1.807, 2.05) is 17.5 Å². The molecule has 0 aromatic carbocycles. The van der Waals surface area contributed by atoms with Crippen LogP contribution in [-0.4, -0.2) is 31.9 Å². The lowest BCUT2D eigenvalue weighted by molar-refractivity contribution is -0.116. The van der Waals surface area contributed by atoms with Crippen molar-refractivity contribution in [3.05, 3.63) is 28.5 Å². The zero-order chi connectivity index (χ0) is 12.3. The third-order valence-electron chi connectivity index (χ3n) is 2.52. The van der Waals surface area contributed by atoms with Gasteiger partial charge in [0.05, 0.1) is 11.5 Å². The van der Waals surface area contributed by atoms with Gasteiger partial charge in [0.2, 0.25) is 5.91 Å². The van der Waals surface area contributed by atoms with Gasteiger partial charge >= 0.3 is 0 Å². The molecule has 1 aromatic heterocycles. The summed E-state index contributed by atoms with van der Waals surface area (Å²) in [7, 11) is -2.94. The van der Waals surface area contributed by atoms with Gasteiger partial charge in [0.15, 0.2) is 9.84 Å². The van der Waals surface area contributed by atoms with Crippen molar-refractivity contribution in [1.82, 2.24) is 5.32 Å². The van der Waals surface area contributed by atoms with E-state index < -0.39 is 9.84 Å². The lowest BCUT2D eigenvalue weighted by Crippen LogP contribution is -2.34. The predicted octanol–water partition coefficient (Wildman–Crippen LogP) is 1.06. The van der Waals surface area contributed by atoms with E-state index in [-0.39, 0.29) is 23.5 Å². The minimum absolute atomic E-state index is 0.0611. The Balaban J connectivity index is 1.86. The highest BCUT2D eigenvalue weighted by Crippen LogP contribution is 2.12. The summed E-state index contributed by atoms with van der Waals surface area (Å²) in [5, 5.41) is 4.63. The van der Waals surface area contributed by atoms with E-state index in [0.29, 0.717) is 6.42 Å². The number of carbonyl (C=O) groups is 1. The van der Waals surface area contributed by atoms with Crippen LogP contribution in [0, 0.1) is 0 Å². The Morgan fingerprint density at radius 1 is 1.53 bits per heavy atom. The van der Waals surface area contributed by atoms with Crippen LogP contribution in [0.15, 0.2) is 23.6 Å². The van der Waals surface area contributed by atoms with Crippen molar-refractivity contribution in [3.8, 4) is 0 Å². The van der Waals surface area contributed by atoms with Crippen molar-refractivity contribution >= 4 is 33.2 Å². The first-order valence-electron chi connectivity index (χ1n) is 5.28. The fraction of sp³-hybridized carbons (Fsp3) is 0.364. The van der Waals surface area contributed by atoms with E-state index in [4.69, 9.17) is 0 Å². The molecule has 0 unspecified atom stereocenters. The molecule has 0 bridgehead atoms. The Bertz CT molecular complexity index is 517. The van der Waals surface area contributed by atoms with E-state index in [1.54, 1.807) is 17.4 Å². The molecule has 2 heterocycles. The van der Waals surface area contributed by atoms with Crippen molar-refractivity contribution in [2.45, 2.75) is 12.5 Å². The molecular formula is C11H13NO3S2. The van der Waals surface area contributed by atoms with Crippen LogP contribution in [0.3, 0.4) is 0 Å². The molecule has 0 radical (unpaired) electrons. The summed E-state index contributed by atoms with van der Waals surface area (Å²) in [5.41, 5.74) is 0. The molecule has 1 fully saturated rings. The van der Waals surface area contributed by atoms with Crippen molar-refractivity contribution in [2.24, 2.45) is 0 Å². The number of amides is 1. The Morgan fingerprint density at radius 2 is 2.35 bits per heavy atom. The molecule has 2 rings (SSSR count). The number of carbonyl (C=O) groups excluding carboxylic acids is 1. The molecule has 0 saturated carbocycles. The van der Waals surface area contributed by atoms with Crippen LogP contribution >= 0.6 is 11.3 Å². The molecule has 1 aliphatic heterocycles. The number of thiophene rings is 1. The van der Waals surface area contributed by atoms with Crippen molar-refractivity contribution in [2.75, 3.05) is 11.5 Å². The fourth-order valence-electron chi connectivity index (χ4n) is 1.70. The minimum Gasteiger partial charge on any atom is -0.349 e. The maximum absolute atomic E-state index is 11.5. The molecular weight excluding hydrogens is 258 g/mol. The smallest absolute Gasteiger partial charge is 0.244 e. The lowest BCUT2D eigenvalue weighted by atomic mass is 10.2. The third-order valence-corrected chi connectivity index (χ3v) is 5.13. The second-order valence-electron chi connectivity index (χ2n) is 3.96. The summed E-state index contributed by atoms with van der Waals surface area (Å²) in [5.74, 6) is -0.00135. The quantitative estimate of drug-likeness (QED) is 0.836. The predicted molar refractivity (Wildman–Crippen MR) is 68.6 cm³/mol. The van der Waals surface area contributed by atoms with Gasteiger partial charge in [0.25, 0.3) is 0 Å². The van der Waals surface area contributed by atoms with Crippen LogP contribution in [0.1, 0.15) is 11.3 Å². The van der Waals surface area contributed by atoms with Crippen molar-refractivity contribution < 1.29 is 13.2 Å². The van der Waals surface area contributed by atoms with Crippen LogP contribution < -0.4 is 5.32 Å². The summed E-state index contributed by atoms with van der Waals surface area (Å²) < 4.78 is 22.4. The first-order chi connectivity index (χ1) is 8.05. The highest BCUT2D eigenvalue weighted by Gasteiger charge is 2.28. The summed E-state index contributed by atoms with van der Waals surface area (Å²) in [6.45, 7) is 0. The number of sulfone groups is 1. The maximum Gasteiger partial charge on any atom is 0.244 e. The van der Waals surface area contributed by atoms with Gasteiger partial charge in [-0.2, -0.15) is 0 Å². The molecule has 17 heavy (non-hydrogen) atoms. The van der Waals surface area contributed by atoms with E-state index in [1.165, 1.54) is 6.08 Å². The van der Waals surface area contributed by atoms with E-state index in [9.17, 15) is 13.2 Å². The molecule has 0 aliphatic carbocycles. The second kappa shape index (κ2) is 5.01. The normalized spacial score (nSPS) is 22.9. The second-order valence-corrected chi connectivity index (χ2v) is 7.17. The molecule has 1 amide bonds. The minimum atomic E-state index is -2.94. The Hall–Kier alpha value is -1.14. The standard InChI is InChI=1S/C11H13NO3S2/c13-11(4-3-10-2-1-6-16-10)12-9-5-7-17(14,15)8-9/h1-4,6,9H,5,7-8H2,(H,12,13)/b4-3-/t9-/m0/s1. The van der Waals surface area contributed by atoms with Gasteiger partial charge in [-0.25, -0.2) is 8.42 Å². The van der Waals surface area contributed by atoms with Gasteiger partial charge < -0.3 is 5.32 Å². The van der Waals surface area contributed by atoms with E-state index in [0.717, 1.165) is 4.88 Å². The van der Waals surface area contributed by atoms with Gasteiger partial charge in [-0.1, -0.05) is 6.07 Å². The van der Waals surface area contributed by atoms with Crippen LogP contribution in [-0.2, 0) is 14.6 Å². The number of hydrogen-bond donors (Lipinski definition) is 1. The highest BCUT2D eigenvalue weighted by atomic mass is 32.2. The molecule has 1 saturated heterocycles. The zero-order valence-electron chi connectivity index (χ0n) is 9.13. The molecule has 1 N–H and O–H groups in total. The van der Waals surface area contributed by atoms with E-state index in [2.05, 4.69) is 5.32 Å². The monoisotopic (exact) mass is 271 g/mol. The largest absolute Gasteiger partial charge is 0.349 e. The first-order valence-corrected chi connectivity index (χ1v) is 7.98. The Kier molecular flexibility index (Phi) is 3.63.